The van der Waals surface area contributed by atoms with Crippen molar-refractivity contribution in [1.82, 2.24) is 9.78 Å². The molecule has 1 aliphatic heterocycles. The molecule has 0 spiro atoms. The van der Waals surface area contributed by atoms with Gasteiger partial charge in [0.1, 0.15) is 0 Å². The molecule has 3 aromatic carbocycles. The maximum absolute atomic E-state index is 12.9. The van der Waals surface area contributed by atoms with Crippen molar-refractivity contribution in [3.8, 4) is 11.5 Å². The Kier molecular flexibility index (Phi) is 5.79. The number of rotatable bonds is 5. The first-order valence-electron chi connectivity index (χ1n) is 11.1. The van der Waals surface area contributed by atoms with Gasteiger partial charge in [0.15, 0.2) is 17.3 Å². The summed E-state index contributed by atoms with van der Waals surface area (Å²) < 4.78 is 12.7. The van der Waals surface area contributed by atoms with Gasteiger partial charge in [-0.3, -0.25) is 10.00 Å². The lowest BCUT2D eigenvalue weighted by atomic mass is 10.0. The maximum atomic E-state index is 12.9. The van der Waals surface area contributed by atoms with Crippen LogP contribution >= 0.6 is 11.6 Å². The third-order valence-corrected chi connectivity index (χ3v) is 6.18. The second-order valence-corrected chi connectivity index (χ2v) is 9.05. The Bertz CT molecular complexity index is 1400. The topological polar surface area (TPSA) is 77.4 Å². The number of ether oxygens (including phenoxy) is 2. The summed E-state index contributed by atoms with van der Waals surface area (Å²) in [6.07, 6.45) is 0. The van der Waals surface area contributed by atoms with Crippen LogP contribution in [0, 0.1) is 6.92 Å². The minimum absolute atomic E-state index is 0.183. The molecule has 0 atom stereocenters. The lowest BCUT2D eigenvalue weighted by Gasteiger charge is -2.13. The Morgan fingerprint density at radius 3 is 2.65 bits per heavy atom. The molecule has 2 N–H and O–H groups in total. The monoisotopic (exact) mass is 476 g/mol. The van der Waals surface area contributed by atoms with Crippen molar-refractivity contribution in [2.75, 3.05) is 17.4 Å². The van der Waals surface area contributed by atoms with Crippen LogP contribution in [0.4, 0.5) is 16.3 Å². The molecule has 7 nitrogen and oxygen atoms in total. The van der Waals surface area contributed by atoms with E-state index in [2.05, 4.69) is 24.5 Å². The summed E-state index contributed by atoms with van der Waals surface area (Å²) in [4.78, 5) is 12.9. The zero-order valence-corrected chi connectivity index (χ0v) is 19.9. The molecule has 0 saturated carbocycles. The molecule has 34 heavy (non-hydrogen) atoms. The summed E-state index contributed by atoms with van der Waals surface area (Å²) in [5.41, 5.74) is 4.65. The molecule has 1 aliphatic rings. The first-order chi connectivity index (χ1) is 16.4. The van der Waals surface area contributed by atoms with Crippen molar-refractivity contribution >= 4 is 40.0 Å². The van der Waals surface area contributed by atoms with Crippen molar-refractivity contribution in [2.45, 2.75) is 33.2 Å². The molecular formula is C26H25ClN4O3. The molecule has 8 heteroatoms. The lowest BCUT2D eigenvalue weighted by molar-refractivity contribution is 0.174. The fourth-order valence-electron chi connectivity index (χ4n) is 4.12. The van der Waals surface area contributed by atoms with E-state index in [1.54, 1.807) is 6.07 Å². The zero-order chi connectivity index (χ0) is 23.8. The first kappa shape index (κ1) is 22.1. The van der Waals surface area contributed by atoms with Gasteiger partial charge in [-0.2, -0.15) is 5.10 Å². The third kappa shape index (κ3) is 4.26. The van der Waals surface area contributed by atoms with E-state index in [1.165, 1.54) is 0 Å². The fourth-order valence-corrected chi connectivity index (χ4v) is 4.34. The Hall–Kier alpha value is -3.71. The average Bonchev–Trinajstić information content (AvgIpc) is 3.38. The zero-order valence-electron chi connectivity index (χ0n) is 19.2. The smallest absolute Gasteiger partial charge is 0.324 e. The van der Waals surface area contributed by atoms with Gasteiger partial charge >= 0.3 is 6.03 Å². The Morgan fingerprint density at radius 2 is 1.85 bits per heavy atom. The summed E-state index contributed by atoms with van der Waals surface area (Å²) in [6.45, 7) is 6.79. The van der Waals surface area contributed by atoms with E-state index < -0.39 is 0 Å². The van der Waals surface area contributed by atoms with Gasteiger partial charge in [0.2, 0.25) is 6.79 Å². The molecule has 0 saturated heterocycles. The Morgan fingerprint density at radius 1 is 1.09 bits per heavy atom. The van der Waals surface area contributed by atoms with Crippen LogP contribution in [0.2, 0.25) is 5.02 Å². The normalized spacial score (nSPS) is 12.4. The van der Waals surface area contributed by atoms with Gasteiger partial charge in [-0.25, -0.2) is 4.79 Å². The predicted octanol–water partition coefficient (Wildman–Crippen LogP) is 6.54. The first-order valence-corrected chi connectivity index (χ1v) is 11.5. The molecule has 174 valence electrons. The van der Waals surface area contributed by atoms with Gasteiger partial charge in [0, 0.05) is 22.2 Å². The average molecular weight is 477 g/mol. The van der Waals surface area contributed by atoms with Crippen molar-refractivity contribution < 1.29 is 14.3 Å². The van der Waals surface area contributed by atoms with Crippen molar-refractivity contribution in [3.05, 3.63) is 76.3 Å². The fraction of sp³-hybridized carbons (Fsp3) is 0.231. The number of carbonyl (C=O) groups is 1. The molecular weight excluding hydrogens is 452 g/mol. The van der Waals surface area contributed by atoms with E-state index in [0.29, 0.717) is 28.9 Å². The second-order valence-electron chi connectivity index (χ2n) is 8.64. The Balaban J connectivity index is 1.45. The number of fused-ring (bicyclic) bond motifs is 2. The number of nitrogens with zero attached hydrogens (tertiary/aromatic N) is 2. The number of halogens is 1. The SMILES string of the molecule is Cc1ccc2c(c1)c(NC(=O)Nc1ccccc1C(C)C)nn2Cc1cc2c(cc1Cl)OCO2. The standard InChI is InChI=1S/C26H25ClN4O3/c1-15(2)18-6-4-5-7-21(18)28-26(32)29-25-19-10-16(3)8-9-22(19)31(30-25)13-17-11-23-24(12-20(17)27)34-14-33-23/h4-12,15H,13-14H2,1-3H3,(H2,28,29,30,32). The molecule has 2 amide bonds. The predicted molar refractivity (Wildman–Crippen MR) is 134 cm³/mol. The summed E-state index contributed by atoms with van der Waals surface area (Å²) in [5, 5.41) is 12.0. The highest BCUT2D eigenvalue weighted by Crippen LogP contribution is 2.37. The van der Waals surface area contributed by atoms with E-state index in [-0.39, 0.29) is 18.7 Å². The number of aromatic nitrogens is 2. The summed E-state index contributed by atoms with van der Waals surface area (Å²) in [7, 11) is 0. The van der Waals surface area contributed by atoms with Crippen LogP contribution in [0.5, 0.6) is 11.5 Å². The van der Waals surface area contributed by atoms with Crippen molar-refractivity contribution in [3.63, 3.8) is 0 Å². The highest BCUT2D eigenvalue weighted by atomic mass is 35.5. The van der Waals surface area contributed by atoms with Crippen LogP contribution in [0.15, 0.2) is 54.6 Å². The highest BCUT2D eigenvalue weighted by Gasteiger charge is 2.19. The summed E-state index contributed by atoms with van der Waals surface area (Å²) in [5.74, 6) is 2.06. The van der Waals surface area contributed by atoms with Gasteiger partial charge in [-0.1, -0.05) is 55.3 Å². The quantitative estimate of drug-likeness (QED) is 0.342. The molecule has 0 radical (unpaired) electrons. The molecule has 2 heterocycles. The van der Waals surface area contributed by atoms with E-state index in [9.17, 15) is 4.79 Å². The van der Waals surface area contributed by atoms with Crippen LogP contribution in [0.1, 0.15) is 36.5 Å². The lowest BCUT2D eigenvalue weighted by Crippen LogP contribution is -2.21. The molecule has 1 aromatic heterocycles. The number of aryl methyl sites for hydroxylation is 1. The van der Waals surface area contributed by atoms with Gasteiger partial charge < -0.3 is 14.8 Å². The van der Waals surface area contributed by atoms with Crippen LogP contribution < -0.4 is 20.1 Å². The largest absolute Gasteiger partial charge is 0.454 e. The van der Waals surface area contributed by atoms with Crippen molar-refractivity contribution in [2.24, 2.45) is 0 Å². The number of benzene rings is 3. The van der Waals surface area contributed by atoms with Gasteiger partial charge in [0.25, 0.3) is 0 Å². The summed E-state index contributed by atoms with van der Waals surface area (Å²) >= 11 is 6.50. The molecule has 4 aromatic rings. The van der Waals surface area contributed by atoms with E-state index in [0.717, 1.165) is 33.3 Å². The van der Waals surface area contributed by atoms with Gasteiger partial charge in [-0.15, -0.1) is 0 Å². The number of anilines is 2. The van der Waals surface area contributed by atoms with E-state index in [1.807, 2.05) is 60.1 Å². The molecule has 0 fully saturated rings. The number of urea groups is 1. The van der Waals surface area contributed by atoms with Crippen LogP contribution in [-0.2, 0) is 6.54 Å². The van der Waals surface area contributed by atoms with Crippen LogP contribution in [0.3, 0.4) is 0 Å². The molecule has 0 unspecified atom stereocenters. The number of hydrogen-bond acceptors (Lipinski definition) is 4. The number of para-hydroxylation sites is 1. The number of amides is 2. The van der Waals surface area contributed by atoms with Gasteiger partial charge in [-0.05, 0) is 48.2 Å². The minimum Gasteiger partial charge on any atom is -0.454 e. The molecule has 0 bridgehead atoms. The molecule has 0 aliphatic carbocycles. The van der Waals surface area contributed by atoms with E-state index >= 15 is 0 Å². The number of nitrogens with one attached hydrogen (secondary N) is 2. The van der Waals surface area contributed by atoms with Crippen LogP contribution in [-0.4, -0.2) is 22.6 Å². The third-order valence-electron chi connectivity index (χ3n) is 5.83. The second kappa shape index (κ2) is 8.91. The Labute approximate surface area is 202 Å². The van der Waals surface area contributed by atoms with Gasteiger partial charge in [0.05, 0.1) is 12.1 Å². The maximum Gasteiger partial charge on any atom is 0.324 e. The highest BCUT2D eigenvalue weighted by molar-refractivity contribution is 6.31. The number of hydrogen-bond donors (Lipinski definition) is 2. The molecule has 5 rings (SSSR count). The minimum atomic E-state index is -0.345. The number of carbonyl (C=O) groups excluding carboxylic acids is 1. The van der Waals surface area contributed by atoms with Crippen molar-refractivity contribution in [1.29, 1.82) is 0 Å². The van der Waals surface area contributed by atoms with Crippen LogP contribution in [0.25, 0.3) is 10.9 Å². The summed E-state index contributed by atoms with van der Waals surface area (Å²) in [6, 6.07) is 17.1. The van der Waals surface area contributed by atoms with E-state index in [4.69, 9.17) is 26.2 Å².